The fourth-order valence-corrected chi connectivity index (χ4v) is 3.24. The largest absolute Gasteiger partial charge is 0.280 e. The summed E-state index contributed by atoms with van der Waals surface area (Å²) in [7, 11) is -2.02. The van der Waals surface area contributed by atoms with E-state index in [-0.39, 0.29) is 10.6 Å². The Morgan fingerprint density at radius 3 is 2.52 bits per heavy atom. The highest BCUT2D eigenvalue weighted by molar-refractivity contribution is 7.92. The molecule has 1 aromatic heterocycles. The molecule has 0 unspecified atom stereocenters. The molecule has 118 valence electrons. The molecular weight excluding hydrogens is 320 g/mol. The van der Waals surface area contributed by atoms with E-state index in [2.05, 4.69) is 9.82 Å². The number of hydrogen-bond acceptors (Lipinski definition) is 5. The van der Waals surface area contributed by atoms with Gasteiger partial charge in [0.1, 0.15) is 0 Å². The standard InChI is InChI=1S/C14H12N4O4S/c1-17-14-7-2-11(8-10(14)9-15-17)16-23(21,22)13-5-3-12(4-6-13)18(19)20/h2-9,16H,1H3. The third-order valence-electron chi connectivity index (χ3n) is 3.36. The lowest BCUT2D eigenvalue weighted by atomic mass is 10.2. The van der Waals surface area contributed by atoms with Gasteiger partial charge >= 0.3 is 0 Å². The first-order valence-electron chi connectivity index (χ1n) is 6.56. The summed E-state index contributed by atoms with van der Waals surface area (Å²) in [6.07, 6.45) is 1.64. The lowest BCUT2D eigenvalue weighted by Gasteiger charge is -2.08. The number of non-ortho nitro benzene ring substituents is 1. The first-order valence-corrected chi connectivity index (χ1v) is 8.04. The molecule has 3 rings (SSSR count). The molecule has 8 nitrogen and oxygen atoms in total. The highest BCUT2D eigenvalue weighted by Crippen LogP contribution is 2.22. The number of nitro benzene ring substituents is 1. The minimum Gasteiger partial charge on any atom is -0.280 e. The van der Waals surface area contributed by atoms with E-state index in [9.17, 15) is 18.5 Å². The van der Waals surface area contributed by atoms with Crippen molar-refractivity contribution in [3.05, 3.63) is 58.8 Å². The van der Waals surface area contributed by atoms with Crippen molar-refractivity contribution < 1.29 is 13.3 Å². The number of anilines is 1. The summed E-state index contributed by atoms with van der Waals surface area (Å²) in [5.41, 5.74) is 1.10. The Balaban J connectivity index is 1.91. The molecule has 0 atom stereocenters. The van der Waals surface area contributed by atoms with Crippen LogP contribution in [0.5, 0.6) is 0 Å². The number of fused-ring (bicyclic) bond motifs is 1. The summed E-state index contributed by atoms with van der Waals surface area (Å²) in [6, 6.07) is 9.76. The summed E-state index contributed by atoms with van der Waals surface area (Å²) in [6.45, 7) is 0. The number of nitrogens with one attached hydrogen (secondary N) is 1. The van der Waals surface area contributed by atoms with E-state index in [0.717, 1.165) is 23.0 Å². The molecule has 0 amide bonds. The van der Waals surface area contributed by atoms with Crippen LogP contribution in [0.25, 0.3) is 10.9 Å². The minimum atomic E-state index is -3.82. The smallest absolute Gasteiger partial charge is 0.269 e. The van der Waals surface area contributed by atoms with Gasteiger partial charge in [-0.05, 0) is 30.3 Å². The van der Waals surface area contributed by atoms with Crippen LogP contribution in [0.15, 0.2) is 53.6 Å². The number of hydrogen-bond donors (Lipinski definition) is 1. The third kappa shape index (κ3) is 2.86. The summed E-state index contributed by atoms with van der Waals surface area (Å²) in [5, 5.41) is 15.5. The Hall–Kier alpha value is -2.94. The maximum atomic E-state index is 12.3. The second kappa shape index (κ2) is 5.36. The van der Waals surface area contributed by atoms with Crippen molar-refractivity contribution in [2.75, 3.05) is 4.72 Å². The number of nitro groups is 1. The van der Waals surface area contributed by atoms with Crippen molar-refractivity contribution in [1.29, 1.82) is 0 Å². The van der Waals surface area contributed by atoms with Crippen LogP contribution in [0, 0.1) is 10.1 Å². The predicted octanol–water partition coefficient (Wildman–Crippen LogP) is 2.28. The van der Waals surface area contributed by atoms with Gasteiger partial charge in [0.05, 0.1) is 21.5 Å². The Morgan fingerprint density at radius 1 is 1.17 bits per heavy atom. The second-order valence-electron chi connectivity index (χ2n) is 4.90. The molecule has 0 aliphatic carbocycles. The molecule has 0 spiro atoms. The summed E-state index contributed by atoms with van der Waals surface area (Å²) >= 11 is 0. The summed E-state index contributed by atoms with van der Waals surface area (Å²) < 4.78 is 28.8. The number of benzene rings is 2. The number of nitrogens with zero attached hydrogens (tertiary/aromatic N) is 3. The van der Waals surface area contributed by atoms with Gasteiger partial charge in [-0.2, -0.15) is 5.10 Å². The van der Waals surface area contributed by atoms with Crippen molar-refractivity contribution in [3.63, 3.8) is 0 Å². The van der Waals surface area contributed by atoms with Gasteiger partial charge in [-0.25, -0.2) is 8.42 Å². The Morgan fingerprint density at radius 2 is 1.87 bits per heavy atom. The first kappa shape index (κ1) is 15.0. The van der Waals surface area contributed by atoms with Gasteiger partial charge in [0, 0.05) is 30.3 Å². The van der Waals surface area contributed by atoms with E-state index in [1.54, 1.807) is 36.1 Å². The Bertz CT molecular complexity index is 993. The molecule has 3 aromatic rings. The second-order valence-corrected chi connectivity index (χ2v) is 6.58. The van der Waals surface area contributed by atoms with Gasteiger partial charge in [-0.1, -0.05) is 0 Å². The van der Waals surface area contributed by atoms with Gasteiger partial charge in [0.2, 0.25) is 0 Å². The van der Waals surface area contributed by atoms with Crippen molar-refractivity contribution in [3.8, 4) is 0 Å². The van der Waals surface area contributed by atoms with E-state index in [1.807, 2.05) is 0 Å². The van der Waals surface area contributed by atoms with Gasteiger partial charge in [0.25, 0.3) is 15.7 Å². The number of rotatable bonds is 4. The minimum absolute atomic E-state index is 0.0469. The average molecular weight is 332 g/mol. The van der Waals surface area contributed by atoms with Crippen LogP contribution in [-0.4, -0.2) is 23.1 Å². The van der Waals surface area contributed by atoms with Gasteiger partial charge in [-0.15, -0.1) is 0 Å². The highest BCUT2D eigenvalue weighted by atomic mass is 32.2. The Kier molecular flexibility index (Phi) is 3.49. The molecule has 0 saturated carbocycles. The van der Waals surface area contributed by atoms with Gasteiger partial charge in [0.15, 0.2) is 0 Å². The molecule has 23 heavy (non-hydrogen) atoms. The fraction of sp³-hybridized carbons (Fsp3) is 0.0714. The molecule has 0 bridgehead atoms. The Labute approximate surface area is 131 Å². The fourth-order valence-electron chi connectivity index (χ4n) is 2.19. The third-order valence-corrected chi connectivity index (χ3v) is 4.75. The predicted molar refractivity (Wildman–Crippen MR) is 84.6 cm³/mol. The quantitative estimate of drug-likeness (QED) is 0.582. The van der Waals surface area contributed by atoms with Crippen molar-refractivity contribution in [2.45, 2.75) is 4.90 Å². The topological polar surface area (TPSA) is 107 Å². The van der Waals surface area contributed by atoms with E-state index in [1.165, 1.54) is 12.1 Å². The van der Waals surface area contributed by atoms with Crippen LogP contribution in [0.3, 0.4) is 0 Å². The van der Waals surface area contributed by atoms with Crippen molar-refractivity contribution in [1.82, 2.24) is 9.78 Å². The zero-order valence-corrected chi connectivity index (χ0v) is 12.8. The molecule has 2 aromatic carbocycles. The van der Waals surface area contributed by atoms with Crippen molar-refractivity contribution in [2.24, 2.45) is 7.05 Å². The lowest BCUT2D eigenvalue weighted by Crippen LogP contribution is -2.12. The molecule has 1 N–H and O–H groups in total. The molecule has 0 radical (unpaired) electrons. The molecule has 1 heterocycles. The maximum Gasteiger partial charge on any atom is 0.269 e. The van der Waals surface area contributed by atoms with Crippen LogP contribution in [-0.2, 0) is 17.1 Å². The SMILES string of the molecule is Cn1ncc2cc(NS(=O)(=O)c3ccc([N+](=O)[O-])cc3)ccc21. The van der Waals surface area contributed by atoms with E-state index < -0.39 is 14.9 Å². The molecule has 0 aliphatic rings. The molecule has 9 heteroatoms. The number of sulfonamides is 1. The highest BCUT2D eigenvalue weighted by Gasteiger charge is 2.16. The zero-order valence-electron chi connectivity index (χ0n) is 12.0. The normalized spacial score (nSPS) is 11.5. The van der Waals surface area contributed by atoms with Crippen LogP contribution < -0.4 is 4.72 Å². The van der Waals surface area contributed by atoms with Crippen LogP contribution in [0.1, 0.15) is 0 Å². The molecule has 0 aliphatic heterocycles. The zero-order chi connectivity index (χ0) is 16.6. The van der Waals surface area contributed by atoms with E-state index >= 15 is 0 Å². The van der Waals surface area contributed by atoms with Crippen LogP contribution in [0.4, 0.5) is 11.4 Å². The van der Waals surface area contributed by atoms with Crippen LogP contribution >= 0.6 is 0 Å². The number of aromatic nitrogens is 2. The molecular formula is C14H12N4O4S. The molecule has 0 fully saturated rings. The monoisotopic (exact) mass is 332 g/mol. The summed E-state index contributed by atoms with van der Waals surface area (Å²) in [5.74, 6) is 0. The van der Waals surface area contributed by atoms with Gasteiger partial charge < -0.3 is 0 Å². The molecule has 0 saturated heterocycles. The van der Waals surface area contributed by atoms with E-state index in [0.29, 0.717) is 5.69 Å². The first-order chi connectivity index (χ1) is 10.9. The van der Waals surface area contributed by atoms with E-state index in [4.69, 9.17) is 0 Å². The maximum absolute atomic E-state index is 12.3. The lowest BCUT2D eigenvalue weighted by molar-refractivity contribution is -0.384. The number of aryl methyl sites for hydroxylation is 1. The van der Waals surface area contributed by atoms with Crippen molar-refractivity contribution >= 4 is 32.3 Å². The average Bonchev–Trinajstić information content (AvgIpc) is 2.88. The van der Waals surface area contributed by atoms with Crippen LogP contribution in [0.2, 0.25) is 0 Å². The summed E-state index contributed by atoms with van der Waals surface area (Å²) in [4.78, 5) is 9.98. The van der Waals surface area contributed by atoms with Gasteiger partial charge in [-0.3, -0.25) is 19.5 Å².